The van der Waals surface area contributed by atoms with Crippen LogP contribution >= 0.6 is 11.3 Å². The molecule has 3 aromatic rings. The van der Waals surface area contributed by atoms with Crippen LogP contribution in [0.5, 0.6) is 0 Å². The molecular weight excluding hydrogens is 282 g/mol. The van der Waals surface area contributed by atoms with Gasteiger partial charge < -0.3 is 10.3 Å². The van der Waals surface area contributed by atoms with Crippen LogP contribution in [-0.2, 0) is 6.42 Å². The normalized spacial score (nSPS) is 12.5. The number of benzene rings is 1. The van der Waals surface area contributed by atoms with E-state index in [4.69, 9.17) is 10.3 Å². The third-order valence-electron chi connectivity index (χ3n) is 3.44. The summed E-state index contributed by atoms with van der Waals surface area (Å²) in [6.45, 7) is 2.04. The van der Waals surface area contributed by atoms with E-state index < -0.39 is 0 Å². The first-order valence-corrected chi connectivity index (χ1v) is 7.84. The molecule has 0 spiro atoms. The average Bonchev–Trinajstić information content (AvgIpc) is 3.14. The highest BCUT2D eigenvalue weighted by Crippen LogP contribution is 2.25. The summed E-state index contributed by atoms with van der Waals surface area (Å²) in [5, 5.41) is 8.13. The number of thiophene rings is 1. The zero-order valence-corrected chi connectivity index (χ0v) is 12.6. The number of hydrogen-bond donors (Lipinski definition) is 1. The molecule has 1 atom stereocenters. The molecule has 0 amide bonds. The molecule has 2 heterocycles. The molecule has 0 aliphatic rings. The lowest BCUT2D eigenvalue weighted by molar-refractivity contribution is 0.349. The number of rotatable bonds is 5. The molecule has 2 aromatic heterocycles. The Hall–Kier alpha value is -1.98. The van der Waals surface area contributed by atoms with Crippen LogP contribution in [-0.4, -0.2) is 10.1 Å². The van der Waals surface area contributed by atoms with E-state index in [1.54, 1.807) is 11.3 Å². The predicted octanol–water partition coefficient (Wildman–Crippen LogP) is 3.74. The van der Waals surface area contributed by atoms with Crippen molar-refractivity contribution in [1.82, 2.24) is 10.1 Å². The van der Waals surface area contributed by atoms with Crippen LogP contribution in [0.4, 0.5) is 0 Å². The van der Waals surface area contributed by atoms with E-state index >= 15 is 0 Å². The van der Waals surface area contributed by atoms with E-state index in [2.05, 4.69) is 27.7 Å². The third kappa shape index (κ3) is 3.20. The van der Waals surface area contributed by atoms with Gasteiger partial charge in [0.15, 0.2) is 0 Å². The van der Waals surface area contributed by atoms with E-state index in [-0.39, 0.29) is 6.04 Å². The van der Waals surface area contributed by atoms with Gasteiger partial charge in [0.1, 0.15) is 0 Å². The second-order valence-corrected chi connectivity index (χ2v) is 5.80. The maximum absolute atomic E-state index is 6.15. The summed E-state index contributed by atoms with van der Waals surface area (Å²) < 4.78 is 5.31. The van der Waals surface area contributed by atoms with Gasteiger partial charge in [0.25, 0.3) is 0 Å². The SMILES string of the molecule is Cc1cscc1-c1noc(C(N)CCc2ccccc2)n1. The van der Waals surface area contributed by atoms with Crippen LogP contribution in [0.15, 0.2) is 45.6 Å². The van der Waals surface area contributed by atoms with E-state index in [9.17, 15) is 0 Å². The van der Waals surface area contributed by atoms with Gasteiger partial charge in [0, 0.05) is 10.9 Å². The Kier molecular flexibility index (Phi) is 4.13. The summed E-state index contributed by atoms with van der Waals surface area (Å²) in [4.78, 5) is 4.43. The third-order valence-corrected chi connectivity index (χ3v) is 4.30. The smallest absolute Gasteiger partial charge is 0.243 e. The van der Waals surface area contributed by atoms with Crippen molar-refractivity contribution in [2.75, 3.05) is 0 Å². The average molecular weight is 299 g/mol. The summed E-state index contributed by atoms with van der Waals surface area (Å²) >= 11 is 1.63. The Morgan fingerprint density at radius 2 is 2.05 bits per heavy atom. The first-order valence-electron chi connectivity index (χ1n) is 6.90. The van der Waals surface area contributed by atoms with E-state index in [1.807, 2.05) is 30.5 Å². The second-order valence-electron chi connectivity index (χ2n) is 5.06. The van der Waals surface area contributed by atoms with Crippen LogP contribution in [0.3, 0.4) is 0 Å². The number of nitrogens with two attached hydrogens (primary N) is 1. The van der Waals surface area contributed by atoms with Crippen molar-refractivity contribution in [2.24, 2.45) is 5.73 Å². The molecule has 108 valence electrons. The topological polar surface area (TPSA) is 64.9 Å². The quantitative estimate of drug-likeness (QED) is 0.779. The van der Waals surface area contributed by atoms with Crippen molar-refractivity contribution in [1.29, 1.82) is 0 Å². The van der Waals surface area contributed by atoms with E-state index in [1.165, 1.54) is 5.56 Å². The first-order chi connectivity index (χ1) is 10.2. The molecule has 2 N–H and O–H groups in total. The van der Waals surface area contributed by atoms with Gasteiger partial charge in [-0.25, -0.2) is 0 Å². The molecule has 0 bridgehead atoms. The lowest BCUT2D eigenvalue weighted by atomic mass is 10.1. The van der Waals surface area contributed by atoms with Crippen LogP contribution in [0, 0.1) is 6.92 Å². The fourth-order valence-electron chi connectivity index (χ4n) is 2.18. The van der Waals surface area contributed by atoms with Crippen molar-refractivity contribution < 1.29 is 4.52 Å². The number of aromatic nitrogens is 2. The van der Waals surface area contributed by atoms with Crippen molar-refractivity contribution >= 4 is 11.3 Å². The Morgan fingerprint density at radius 3 is 2.76 bits per heavy atom. The minimum atomic E-state index is -0.231. The van der Waals surface area contributed by atoms with Crippen molar-refractivity contribution in [3.05, 3.63) is 58.1 Å². The highest BCUT2D eigenvalue weighted by Gasteiger charge is 2.17. The summed E-state index contributed by atoms with van der Waals surface area (Å²) in [6, 6.07) is 10.0. The highest BCUT2D eigenvalue weighted by atomic mass is 32.1. The molecule has 21 heavy (non-hydrogen) atoms. The predicted molar refractivity (Wildman–Crippen MR) is 84.0 cm³/mol. The van der Waals surface area contributed by atoms with Gasteiger partial charge in [-0.05, 0) is 36.3 Å². The van der Waals surface area contributed by atoms with Gasteiger partial charge >= 0.3 is 0 Å². The molecule has 4 nitrogen and oxygen atoms in total. The fraction of sp³-hybridized carbons (Fsp3) is 0.250. The lowest BCUT2D eigenvalue weighted by Crippen LogP contribution is -2.11. The van der Waals surface area contributed by atoms with Crippen LogP contribution < -0.4 is 5.73 Å². The van der Waals surface area contributed by atoms with E-state index in [0.29, 0.717) is 11.7 Å². The van der Waals surface area contributed by atoms with Gasteiger partial charge in [-0.1, -0.05) is 35.5 Å². The first kappa shape index (κ1) is 14.0. The number of aryl methyl sites for hydroxylation is 2. The van der Waals surface area contributed by atoms with Gasteiger partial charge in [-0.15, -0.1) is 0 Å². The molecule has 0 saturated heterocycles. The largest absolute Gasteiger partial charge is 0.337 e. The summed E-state index contributed by atoms with van der Waals surface area (Å²) in [5.41, 5.74) is 9.60. The molecule has 1 aromatic carbocycles. The van der Waals surface area contributed by atoms with Gasteiger partial charge in [0.05, 0.1) is 6.04 Å². The Bertz CT molecular complexity index is 705. The maximum atomic E-state index is 6.15. The molecule has 0 aliphatic heterocycles. The van der Waals surface area contributed by atoms with Gasteiger partial charge in [-0.3, -0.25) is 0 Å². The van der Waals surface area contributed by atoms with Gasteiger partial charge in [-0.2, -0.15) is 16.3 Å². The lowest BCUT2D eigenvalue weighted by Gasteiger charge is -2.06. The molecule has 0 aliphatic carbocycles. The van der Waals surface area contributed by atoms with Gasteiger partial charge in [0.2, 0.25) is 11.7 Å². The Labute approximate surface area is 127 Å². The Balaban J connectivity index is 1.67. The minimum Gasteiger partial charge on any atom is -0.337 e. The van der Waals surface area contributed by atoms with Crippen LogP contribution in [0.25, 0.3) is 11.4 Å². The van der Waals surface area contributed by atoms with Crippen LogP contribution in [0.1, 0.15) is 29.5 Å². The standard InChI is InChI=1S/C16H17N3OS/c1-11-9-21-10-13(11)15-18-16(20-19-15)14(17)8-7-12-5-3-2-4-6-12/h2-6,9-10,14H,7-8,17H2,1H3. The van der Waals surface area contributed by atoms with Crippen LogP contribution in [0.2, 0.25) is 0 Å². The zero-order valence-electron chi connectivity index (χ0n) is 11.8. The highest BCUT2D eigenvalue weighted by molar-refractivity contribution is 7.08. The maximum Gasteiger partial charge on any atom is 0.243 e. The Morgan fingerprint density at radius 1 is 1.24 bits per heavy atom. The fourth-order valence-corrected chi connectivity index (χ4v) is 3.00. The molecule has 1 unspecified atom stereocenters. The monoisotopic (exact) mass is 299 g/mol. The van der Waals surface area contributed by atoms with Crippen molar-refractivity contribution in [2.45, 2.75) is 25.8 Å². The minimum absolute atomic E-state index is 0.231. The second kappa shape index (κ2) is 6.20. The van der Waals surface area contributed by atoms with E-state index in [0.717, 1.165) is 24.0 Å². The summed E-state index contributed by atoms with van der Waals surface area (Å²) in [7, 11) is 0. The molecule has 0 fully saturated rings. The molecule has 3 rings (SSSR count). The molecule has 0 radical (unpaired) electrons. The van der Waals surface area contributed by atoms with Crippen molar-refractivity contribution in [3.63, 3.8) is 0 Å². The molecule has 5 heteroatoms. The zero-order chi connectivity index (χ0) is 14.7. The molecular formula is C16H17N3OS. The summed E-state index contributed by atoms with van der Waals surface area (Å²) in [6.07, 6.45) is 1.69. The number of hydrogen-bond acceptors (Lipinski definition) is 5. The summed E-state index contributed by atoms with van der Waals surface area (Å²) in [5.74, 6) is 1.13. The van der Waals surface area contributed by atoms with Crippen molar-refractivity contribution in [3.8, 4) is 11.4 Å². The molecule has 0 saturated carbocycles. The number of nitrogens with zero attached hydrogens (tertiary/aromatic N) is 2.